The van der Waals surface area contributed by atoms with E-state index < -0.39 is 0 Å². The van der Waals surface area contributed by atoms with Crippen molar-refractivity contribution in [2.75, 3.05) is 0 Å². The van der Waals surface area contributed by atoms with E-state index in [-0.39, 0.29) is 5.56 Å². The van der Waals surface area contributed by atoms with E-state index in [1.54, 1.807) is 10.9 Å². The molecule has 5 aromatic rings. The fourth-order valence-electron chi connectivity index (χ4n) is 3.33. The van der Waals surface area contributed by atoms with Gasteiger partial charge in [0.15, 0.2) is 5.65 Å². The molecule has 7 nitrogen and oxygen atoms in total. The molecule has 0 atom stereocenters. The van der Waals surface area contributed by atoms with Crippen LogP contribution >= 0.6 is 0 Å². The van der Waals surface area contributed by atoms with Crippen LogP contribution in [0.3, 0.4) is 0 Å². The number of rotatable bonds is 3. The second kappa shape index (κ2) is 6.31. The normalized spacial score (nSPS) is 11.8. The molecule has 136 valence electrons. The van der Waals surface area contributed by atoms with E-state index in [0.29, 0.717) is 11.0 Å². The van der Waals surface area contributed by atoms with Crippen LogP contribution in [0.5, 0.6) is 0 Å². The number of nitrogens with zero attached hydrogens (tertiary/aromatic N) is 5. The lowest BCUT2D eigenvalue weighted by Gasteiger charge is -2.02. The highest BCUT2D eigenvalue weighted by molar-refractivity contribution is 6.00. The largest absolute Gasteiger partial charge is 0.358 e. The number of fused-ring (bicyclic) bond motifs is 2. The van der Waals surface area contributed by atoms with Crippen LogP contribution in [-0.2, 0) is 0 Å². The molecular weight excluding hydrogens is 352 g/mol. The monoisotopic (exact) mass is 368 g/mol. The van der Waals surface area contributed by atoms with Gasteiger partial charge in [-0.2, -0.15) is 14.9 Å². The number of aromatic nitrogens is 5. The van der Waals surface area contributed by atoms with E-state index in [4.69, 9.17) is 0 Å². The standard InChI is InChI=1S/C21H16N6O/c1-14-17(16-9-5-6-10-19(16)25-14)11-23-26-13-22-20-18(21(26)28)12-24-27(20)15-7-3-2-4-8-15/h2-13,25H,1H3/b23-11+. The molecule has 28 heavy (non-hydrogen) atoms. The van der Waals surface area contributed by atoms with Gasteiger partial charge in [-0.1, -0.05) is 36.4 Å². The topological polar surface area (TPSA) is 80.9 Å². The zero-order chi connectivity index (χ0) is 19.1. The summed E-state index contributed by atoms with van der Waals surface area (Å²) < 4.78 is 2.88. The van der Waals surface area contributed by atoms with Crippen molar-refractivity contribution in [3.8, 4) is 5.69 Å². The summed E-state index contributed by atoms with van der Waals surface area (Å²) in [6, 6.07) is 17.6. The van der Waals surface area contributed by atoms with Crippen LogP contribution in [0.1, 0.15) is 11.3 Å². The quantitative estimate of drug-likeness (QED) is 0.496. The number of hydrogen-bond acceptors (Lipinski definition) is 4. The molecule has 0 aliphatic carbocycles. The molecule has 7 heteroatoms. The predicted molar refractivity (Wildman–Crippen MR) is 109 cm³/mol. The van der Waals surface area contributed by atoms with Crippen LogP contribution in [0.4, 0.5) is 0 Å². The highest BCUT2D eigenvalue weighted by Crippen LogP contribution is 2.20. The maximum atomic E-state index is 12.8. The van der Waals surface area contributed by atoms with E-state index in [2.05, 4.69) is 20.2 Å². The Morgan fingerprint density at radius 1 is 1.04 bits per heavy atom. The van der Waals surface area contributed by atoms with Gasteiger partial charge in [0.2, 0.25) is 0 Å². The van der Waals surface area contributed by atoms with Crippen LogP contribution in [0.25, 0.3) is 27.6 Å². The van der Waals surface area contributed by atoms with Crippen molar-refractivity contribution < 1.29 is 0 Å². The molecule has 1 N–H and O–H groups in total. The van der Waals surface area contributed by atoms with E-state index in [1.165, 1.54) is 17.2 Å². The molecule has 0 saturated heterocycles. The Labute approximate surface area is 159 Å². The Hall–Kier alpha value is -4.00. The van der Waals surface area contributed by atoms with Crippen molar-refractivity contribution in [1.29, 1.82) is 0 Å². The van der Waals surface area contributed by atoms with Crippen molar-refractivity contribution in [1.82, 2.24) is 24.4 Å². The van der Waals surface area contributed by atoms with Crippen LogP contribution in [0, 0.1) is 6.92 Å². The van der Waals surface area contributed by atoms with Crippen molar-refractivity contribution in [3.05, 3.63) is 88.7 Å². The van der Waals surface area contributed by atoms with Gasteiger partial charge in [0.25, 0.3) is 5.56 Å². The Balaban J connectivity index is 1.59. The van der Waals surface area contributed by atoms with Crippen molar-refractivity contribution in [3.63, 3.8) is 0 Å². The fraction of sp³-hybridized carbons (Fsp3) is 0.0476. The molecule has 0 amide bonds. The Morgan fingerprint density at radius 3 is 2.68 bits per heavy atom. The third-order valence-electron chi connectivity index (χ3n) is 4.73. The summed E-state index contributed by atoms with van der Waals surface area (Å²) in [5.41, 5.74) is 4.06. The highest BCUT2D eigenvalue weighted by atomic mass is 16.1. The first kappa shape index (κ1) is 16.2. The van der Waals surface area contributed by atoms with E-state index in [1.807, 2.05) is 61.5 Å². The van der Waals surface area contributed by atoms with Crippen molar-refractivity contribution in [2.24, 2.45) is 5.10 Å². The maximum absolute atomic E-state index is 12.8. The Bertz CT molecular complexity index is 1390. The lowest BCUT2D eigenvalue weighted by atomic mass is 10.1. The minimum absolute atomic E-state index is 0.263. The van der Waals surface area contributed by atoms with Crippen molar-refractivity contribution in [2.45, 2.75) is 6.92 Å². The third kappa shape index (κ3) is 2.52. The first-order valence-corrected chi connectivity index (χ1v) is 8.85. The summed E-state index contributed by atoms with van der Waals surface area (Å²) in [6.45, 7) is 1.98. The Morgan fingerprint density at radius 2 is 1.82 bits per heavy atom. The fourth-order valence-corrected chi connectivity index (χ4v) is 3.33. The molecule has 3 heterocycles. The molecular formula is C21H16N6O. The van der Waals surface area contributed by atoms with Gasteiger partial charge in [-0.3, -0.25) is 4.79 Å². The molecule has 0 spiro atoms. The molecule has 2 aromatic carbocycles. The van der Waals surface area contributed by atoms with Gasteiger partial charge < -0.3 is 4.98 Å². The zero-order valence-corrected chi connectivity index (χ0v) is 15.1. The minimum atomic E-state index is -0.263. The minimum Gasteiger partial charge on any atom is -0.358 e. The highest BCUT2D eigenvalue weighted by Gasteiger charge is 2.11. The Kier molecular flexibility index (Phi) is 3.65. The van der Waals surface area contributed by atoms with Gasteiger partial charge >= 0.3 is 0 Å². The van der Waals surface area contributed by atoms with Crippen molar-refractivity contribution >= 4 is 28.2 Å². The SMILES string of the molecule is Cc1[nH]c2ccccc2c1/C=N/n1cnc2c(cnn2-c2ccccc2)c1=O. The van der Waals surface area contributed by atoms with E-state index in [9.17, 15) is 4.79 Å². The van der Waals surface area contributed by atoms with Gasteiger partial charge in [0, 0.05) is 22.2 Å². The van der Waals surface area contributed by atoms with Gasteiger partial charge in [0.1, 0.15) is 11.7 Å². The molecule has 0 unspecified atom stereocenters. The van der Waals surface area contributed by atoms with Crippen LogP contribution in [0.15, 0.2) is 77.0 Å². The lowest BCUT2D eigenvalue weighted by Crippen LogP contribution is -2.17. The second-order valence-electron chi connectivity index (χ2n) is 6.48. The lowest BCUT2D eigenvalue weighted by molar-refractivity contribution is 0.809. The number of H-pyrrole nitrogens is 1. The predicted octanol–water partition coefficient (Wildman–Crippen LogP) is 3.25. The molecule has 0 fully saturated rings. The molecule has 0 aliphatic heterocycles. The molecule has 0 aliphatic rings. The molecule has 0 radical (unpaired) electrons. The first-order valence-electron chi connectivity index (χ1n) is 8.85. The van der Waals surface area contributed by atoms with Gasteiger partial charge in [-0.15, -0.1) is 0 Å². The summed E-state index contributed by atoms with van der Waals surface area (Å²) >= 11 is 0. The number of hydrogen-bond donors (Lipinski definition) is 1. The third-order valence-corrected chi connectivity index (χ3v) is 4.73. The molecule has 0 saturated carbocycles. The van der Waals surface area contributed by atoms with Gasteiger partial charge in [-0.25, -0.2) is 9.67 Å². The van der Waals surface area contributed by atoms with E-state index >= 15 is 0 Å². The number of para-hydroxylation sites is 2. The second-order valence-corrected chi connectivity index (χ2v) is 6.48. The number of nitrogens with one attached hydrogen (secondary N) is 1. The van der Waals surface area contributed by atoms with E-state index in [0.717, 1.165) is 27.8 Å². The summed E-state index contributed by atoms with van der Waals surface area (Å²) in [5.74, 6) is 0. The molecule has 3 aromatic heterocycles. The average molecular weight is 368 g/mol. The average Bonchev–Trinajstić information content (AvgIpc) is 3.29. The summed E-state index contributed by atoms with van der Waals surface area (Å²) in [7, 11) is 0. The molecule has 5 rings (SSSR count). The smallest absolute Gasteiger partial charge is 0.285 e. The van der Waals surface area contributed by atoms with Crippen LogP contribution in [-0.4, -0.2) is 30.6 Å². The van der Waals surface area contributed by atoms with Crippen LogP contribution < -0.4 is 5.56 Å². The van der Waals surface area contributed by atoms with Crippen LogP contribution in [0.2, 0.25) is 0 Å². The summed E-state index contributed by atoms with van der Waals surface area (Å²) in [6.07, 6.45) is 4.64. The summed E-state index contributed by atoms with van der Waals surface area (Å²) in [4.78, 5) is 20.6. The number of aromatic amines is 1. The van der Waals surface area contributed by atoms with Gasteiger partial charge in [-0.05, 0) is 25.1 Å². The molecule has 0 bridgehead atoms. The summed E-state index contributed by atoms with van der Waals surface area (Å²) in [5, 5.41) is 10.1. The van der Waals surface area contributed by atoms with Gasteiger partial charge in [0.05, 0.1) is 18.1 Å². The first-order chi connectivity index (χ1) is 13.7. The number of benzene rings is 2. The number of aryl methyl sites for hydroxylation is 1. The zero-order valence-electron chi connectivity index (χ0n) is 15.1. The maximum Gasteiger partial charge on any atom is 0.285 e.